The topological polar surface area (TPSA) is 83.1 Å². The van der Waals surface area contributed by atoms with Crippen molar-refractivity contribution in [3.63, 3.8) is 0 Å². The van der Waals surface area contributed by atoms with Crippen LogP contribution in [0.15, 0.2) is 18.2 Å². The van der Waals surface area contributed by atoms with Crippen molar-refractivity contribution in [2.75, 3.05) is 32.8 Å². The van der Waals surface area contributed by atoms with Crippen molar-refractivity contribution in [3.8, 4) is 0 Å². The number of aromatic amines is 1. The van der Waals surface area contributed by atoms with Crippen molar-refractivity contribution in [2.24, 2.45) is 5.92 Å². The number of carbonyl (C=O) groups excluding carboxylic acids is 1. The average molecular weight is 345 g/mol. The number of aromatic nitrogens is 3. The van der Waals surface area contributed by atoms with Crippen LogP contribution in [0, 0.1) is 5.92 Å². The first-order chi connectivity index (χ1) is 12.2. The summed E-state index contributed by atoms with van der Waals surface area (Å²) in [5, 5.41) is 13.8. The van der Waals surface area contributed by atoms with Crippen molar-refractivity contribution in [3.05, 3.63) is 23.8 Å². The van der Waals surface area contributed by atoms with E-state index in [1.54, 1.807) is 12.1 Å². The van der Waals surface area contributed by atoms with E-state index in [1.807, 2.05) is 6.07 Å². The minimum Gasteiger partial charge on any atom is -0.379 e. The van der Waals surface area contributed by atoms with Crippen molar-refractivity contribution < 1.29 is 9.53 Å². The molecule has 1 atom stereocenters. The predicted octanol–water partition coefficient (Wildman–Crippen LogP) is 1.82. The lowest BCUT2D eigenvalue weighted by atomic mass is 9.92. The Hall–Kier alpha value is -1.99. The number of fused-ring (bicyclic) bond motifs is 1. The Balaban J connectivity index is 1.67. The van der Waals surface area contributed by atoms with Crippen LogP contribution >= 0.6 is 0 Å². The molecule has 0 spiro atoms. The molecule has 2 heterocycles. The van der Waals surface area contributed by atoms with Gasteiger partial charge in [0, 0.05) is 31.2 Å². The summed E-state index contributed by atoms with van der Waals surface area (Å²) < 4.78 is 5.48. The molecule has 7 heteroatoms. The highest BCUT2D eigenvalue weighted by Crippen LogP contribution is 2.20. The Morgan fingerprint density at radius 1 is 1.24 bits per heavy atom. The highest BCUT2D eigenvalue weighted by Gasteiger charge is 2.27. The minimum absolute atomic E-state index is 0.0610. The molecule has 1 amide bonds. The highest BCUT2D eigenvalue weighted by molar-refractivity contribution is 5.97. The van der Waals surface area contributed by atoms with Crippen molar-refractivity contribution in [2.45, 2.75) is 32.7 Å². The van der Waals surface area contributed by atoms with Gasteiger partial charge in [0.1, 0.15) is 11.0 Å². The van der Waals surface area contributed by atoms with Crippen molar-refractivity contribution in [1.82, 2.24) is 25.6 Å². The van der Waals surface area contributed by atoms with E-state index in [2.05, 4.69) is 39.5 Å². The first-order valence-corrected chi connectivity index (χ1v) is 9.13. The molecule has 0 bridgehead atoms. The molecular weight excluding hydrogens is 318 g/mol. The lowest BCUT2D eigenvalue weighted by Gasteiger charge is -2.38. The van der Waals surface area contributed by atoms with E-state index < -0.39 is 0 Å². The van der Waals surface area contributed by atoms with Crippen LogP contribution in [0.2, 0.25) is 0 Å². The van der Waals surface area contributed by atoms with Gasteiger partial charge in [-0.05, 0) is 24.1 Å². The number of benzene rings is 1. The van der Waals surface area contributed by atoms with Crippen LogP contribution in [-0.2, 0) is 4.74 Å². The number of rotatable bonds is 7. The SMILES string of the molecule is CCC(CC)[C@H](CNC(=O)c1ccc2n[nH]nc2c1)N1CCOCC1. The number of carbonyl (C=O) groups is 1. The fourth-order valence-electron chi connectivity index (χ4n) is 3.62. The minimum atomic E-state index is -0.0610. The van der Waals surface area contributed by atoms with Gasteiger partial charge in [0.15, 0.2) is 0 Å². The molecule has 1 saturated heterocycles. The maximum absolute atomic E-state index is 12.6. The van der Waals surface area contributed by atoms with E-state index in [-0.39, 0.29) is 5.91 Å². The summed E-state index contributed by atoms with van der Waals surface area (Å²) in [4.78, 5) is 15.0. The molecule has 1 aromatic carbocycles. The fourth-order valence-corrected chi connectivity index (χ4v) is 3.62. The Labute approximate surface area is 148 Å². The zero-order valence-electron chi connectivity index (χ0n) is 15.0. The molecule has 1 fully saturated rings. The van der Waals surface area contributed by atoms with Crippen LogP contribution in [-0.4, -0.2) is 65.1 Å². The molecule has 1 aliphatic rings. The summed E-state index contributed by atoms with van der Waals surface area (Å²) in [5.74, 6) is 0.505. The van der Waals surface area contributed by atoms with Crippen LogP contribution in [0.5, 0.6) is 0 Å². The molecule has 2 aromatic rings. The predicted molar refractivity (Wildman–Crippen MR) is 96.5 cm³/mol. The molecule has 25 heavy (non-hydrogen) atoms. The van der Waals surface area contributed by atoms with Gasteiger partial charge in [-0.1, -0.05) is 26.7 Å². The Bertz CT molecular complexity index is 692. The quantitative estimate of drug-likeness (QED) is 0.800. The standard InChI is InChI=1S/C18H27N5O2/c1-3-13(4-2)17(23-7-9-25-10-8-23)12-19-18(24)14-5-6-15-16(11-14)21-22-20-15/h5-6,11,13,17H,3-4,7-10,12H2,1-2H3,(H,19,24)(H,20,21,22)/t17-/m0/s1. The second kappa shape index (κ2) is 8.40. The number of nitrogens with zero attached hydrogens (tertiary/aromatic N) is 3. The molecule has 1 aliphatic heterocycles. The van der Waals surface area contributed by atoms with Crippen LogP contribution in [0.25, 0.3) is 11.0 Å². The van der Waals surface area contributed by atoms with E-state index in [4.69, 9.17) is 4.74 Å². The highest BCUT2D eigenvalue weighted by atomic mass is 16.5. The van der Waals surface area contributed by atoms with Gasteiger partial charge >= 0.3 is 0 Å². The van der Waals surface area contributed by atoms with E-state index in [0.717, 1.165) is 44.7 Å². The Morgan fingerprint density at radius 3 is 2.68 bits per heavy atom. The van der Waals surface area contributed by atoms with Gasteiger partial charge in [0.05, 0.1) is 13.2 Å². The normalized spacial score (nSPS) is 17.1. The molecule has 2 N–H and O–H groups in total. The molecule has 3 rings (SSSR count). The molecule has 0 radical (unpaired) electrons. The van der Waals surface area contributed by atoms with Crippen molar-refractivity contribution >= 4 is 16.9 Å². The summed E-state index contributed by atoms with van der Waals surface area (Å²) in [6.45, 7) is 8.51. The fraction of sp³-hybridized carbons (Fsp3) is 0.611. The largest absolute Gasteiger partial charge is 0.379 e. The maximum atomic E-state index is 12.6. The van der Waals surface area contributed by atoms with Gasteiger partial charge in [-0.2, -0.15) is 15.4 Å². The van der Waals surface area contributed by atoms with Gasteiger partial charge in [-0.15, -0.1) is 0 Å². The number of hydrogen-bond acceptors (Lipinski definition) is 5. The summed E-state index contributed by atoms with van der Waals surface area (Å²) in [6.07, 6.45) is 2.22. The number of amides is 1. The Morgan fingerprint density at radius 2 is 1.96 bits per heavy atom. The second-order valence-electron chi connectivity index (χ2n) is 6.53. The van der Waals surface area contributed by atoms with Gasteiger partial charge < -0.3 is 10.1 Å². The van der Waals surface area contributed by atoms with Crippen molar-refractivity contribution in [1.29, 1.82) is 0 Å². The van der Waals surface area contributed by atoms with E-state index >= 15 is 0 Å². The average Bonchev–Trinajstić information content (AvgIpc) is 3.13. The summed E-state index contributed by atoms with van der Waals surface area (Å²) in [6, 6.07) is 5.73. The third-order valence-corrected chi connectivity index (χ3v) is 5.16. The maximum Gasteiger partial charge on any atom is 0.251 e. The number of H-pyrrole nitrogens is 1. The molecule has 0 saturated carbocycles. The summed E-state index contributed by atoms with van der Waals surface area (Å²) in [5.41, 5.74) is 2.09. The van der Waals surface area contributed by atoms with Gasteiger partial charge in [0.25, 0.3) is 5.91 Å². The third-order valence-electron chi connectivity index (χ3n) is 5.16. The summed E-state index contributed by atoms with van der Waals surface area (Å²) in [7, 11) is 0. The first kappa shape index (κ1) is 17.8. The molecule has 0 unspecified atom stereocenters. The van der Waals surface area contributed by atoms with Gasteiger partial charge in [0.2, 0.25) is 0 Å². The van der Waals surface area contributed by atoms with E-state index in [0.29, 0.717) is 29.6 Å². The first-order valence-electron chi connectivity index (χ1n) is 9.13. The third kappa shape index (κ3) is 4.16. The van der Waals surface area contributed by atoms with E-state index in [9.17, 15) is 4.79 Å². The lowest BCUT2D eigenvalue weighted by molar-refractivity contribution is 0.00191. The van der Waals surface area contributed by atoms with E-state index in [1.165, 1.54) is 0 Å². The number of ether oxygens (including phenoxy) is 1. The molecule has 136 valence electrons. The van der Waals surface area contributed by atoms with Crippen LogP contribution in [0.3, 0.4) is 0 Å². The summed E-state index contributed by atoms with van der Waals surface area (Å²) >= 11 is 0. The molecular formula is C18H27N5O2. The number of nitrogens with one attached hydrogen (secondary N) is 2. The smallest absolute Gasteiger partial charge is 0.251 e. The second-order valence-corrected chi connectivity index (χ2v) is 6.53. The van der Waals surface area contributed by atoms with Crippen LogP contribution in [0.4, 0.5) is 0 Å². The lowest BCUT2D eigenvalue weighted by Crippen LogP contribution is -2.52. The monoisotopic (exact) mass is 345 g/mol. The zero-order chi connectivity index (χ0) is 17.6. The molecule has 1 aromatic heterocycles. The zero-order valence-corrected chi connectivity index (χ0v) is 15.0. The number of morpholine rings is 1. The van der Waals surface area contributed by atoms with Crippen LogP contribution in [0.1, 0.15) is 37.0 Å². The molecule has 7 nitrogen and oxygen atoms in total. The Kier molecular flexibility index (Phi) is 5.99. The number of hydrogen-bond donors (Lipinski definition) is 2. The van der Waals surface area contributed by atoms with Gasteiger partial charge in [-0.25, -0.2) is 0 Å². The van der Waals surface area contributed by atoms with Gasteiger partial charge in [-0.3, -0.25) is 9.69 Å². The van der Waals surface area contributed by atoms with Crippen LogP contribution < -0.4 is 5.32 Å². The molecule has 0 aliphatic carbocycles.